The topological polar surface area (TPSA) is 112 Å². The first-order valence-electron chi connectivity index (χ1n) is 11.5. The normalized spacial score (nSPS) is 18.6. The number of carbonyl (C=O) groups excluding carboxylic acids is 2. The Morgan fingerprint density at radius 2 is 1.86 bits per heavy atom. The van der Waals surface area contributed by atoms with E-state index in [1.165, 1.54) is 23.1 Å². The van der Waals surface area contributed by atoms with Crippen molar-refractivity contribution in [2.75, 3.05) is 49.1 Å². The van der Waals surface area contributed by atoms with Crippen LogP contribution in [0.5, 0.6) is 0 Å². The van der Waals surface area contributed by atoms with Crippen LogP contribution in [0.25, 0.3) is 0 Å². The summed E-state index contributed by atoms with van der Waals surface area (Å²) in [6.45, 7) is 1.78. The molecule has 2 aromatic rings. The fourth-order valence-electron chi connectivity index (χ4n) is 4.06. The second-order valence-electron chi connectivity index (χ2n) is 8.48. The molecule has 2 heterocycles. The fourth-order valence-corrected chi connectivity index (χ4v) is 4.06. The summed E-state index contributed by atoms with van der Waals surface area (Å²) >= 11 is 0. The van der Waals surface area contributed by atoms with E-state index in [4.69, 9.17) is 14.7 Å². The molecule has 0 aromatic heterocycles. The SMILES string of the molecule is O=C(O)c1ccc(CN2CCN(c3ccc(N4C[C@H](CNC(=O)C(F)F)OC4=O)cc3F)CCO2)cc1. The van der Waals surface area contributed by atoms with Crippen LogP contribution in [0.1, 0.15) is 15.9 Å². The van der Waals surface area contributed by atoms with Crippen LogP contribution in [-0.2, 0) is 20.9 Å². The third kappa shape index (κ3) is 6.49. The maximum absolute atomic E-state index is 15.1. The van der Waals surface area contributed by atoms with Crippen LogP contribution in [0.3, 0.4) is 0 Å². The molecule has 0 unspecified atom stereocenters. The van der Waals surface area contributed by atoms with Gasteiger partial charge in [0.1, 0.15) is 11.9 Å². The molecule has 0 aliphatic carbocycles. The van der Waals surface area contributed by atoms with Crippen LogP contribution in [0, 0.1) is 5.82 Å². The predicted octanol–water partition coefficient (Wildman–Crippen LogP) is 2.48. The number of cyclic esters (lactones) is 1. The van der Waals surface area contributed by atoms with Crippen molar-refractivity contribution < 1.29 is 42.2 Å². The molecule has 0 saturated carbocycles. The lowest BCUT2D eigenvalue weighted by molar-refractivity contribution is -0.154. The average molecular weight is 522 g/mol. The van der Waals surface area contributed by atoms with E-state index in [1.807, 2.05) is 10.2 Å². The standard InChI is InChI=1S/C24H25F3N4O6/c25-19-11-17(31-14-18(37-24(31)35)12-28-22(32)21(26)27)5-6-20(19)29-7-8-30(36-10-9-29)13-15-1-3-16(4-2-15)23(33)34/h1-6,11,18,21H,7-10,12-14H2,(H,28,32)(H,33,34)/t18-/m0/s1. The number of rotatable bonds is 8. The summed E-state index contributed by atoms with van der Waals surface area (Å²) in [5.41, 5.74) is 1.64. The van der Waals surface area contributed by atoms with E-state index in [2.05, 4.69) is 0 Å². The molecule has 0 radical (unpaired) electrons. The lowest BCUT2D eigenvalue weighted by Crippen LogP contribution is -2.37. The number of halogens is 3. The van der Waals surface area contributed by atoms with Gasteiger partial charge in [-0.1, -0.05) is 12.1 Å². The van der Waals surface area contributed by atoms with Crippen molar-refractivity contribution in [1.82, 2.24) is 10.4 Å². The van der Waals surface area contributed by atoms with Crippen molar-refractivity contribution in [3.63, 3.8) is 0 Å². The summed E-state index contributed by atoms with van der Waals surface area (Å²) < 4.78 is 44.8. The van der Waals surface area contributed by atoms with Gasteiger partial charge >= 0.3 is 18.5 Å². The zero-order chi connectivity index (χ0) is 26.5. The predicted molar refractivity (Wildman–Crippen MR) is 125 cm³/mol. The number of anilines is 2. The highest BCUT2D eigenvalue weighted by Crippen LogP contribution is 2.28. The van der Waals surface area contributed by atoms with E-state index in [1.54, 1.807) is 29.3 Å². The summed E-state index contributed by atoms with van der Waals surface area (Å²) in [4.78, 5) is 43.0. The number of nitrogens with zero attached hydrogens (tertiary/aromatic N) is 3. The van der Waals surface area contributed by atoms with Gasteiger partial charge in [-0.2, -0.15) is 13.8 Å². The van der Waals surface area contributed by atoms with E-state index in [9.17, 15) is 23.2 Å². The van der Waals surface area contributed by atoms with Crippen LogP contribution in [0.2, 0.25) is 0 Å². The van der Waals surface area contributed by atoms with Gasteiger partial charge in [0, 0.05) is 26.2 Å². The molecule has 2 aliphatic heterocycles. The number of ether oxygens (including phenoxy) is 1. The number of carbonyl (C=O) groups is 3. The molecular weight excluding hydrogens is 497 g/mol. The van der Waals surface area contributed by atoms with Gasteiger partial charge in [-0.05, 0) is 35.9 Å². The van der Waals surface area contributed by atoms with Crippen LogP contribution in [0.15, 0.2) is 42.5 Å². The number of amides is 2. The molecule has 13 heteroatoms. The van der Waals surface area contributed by atoms with Gasteiger partial charge < -0.3 is 20.1 Å². The number of hydrogen-bond acceptors (Lipinski definition) is 7. The molecular formula is C24H25F3N4O6. The van der Waals surface area contributed by atoms with Gasteiger partial charge in [0.2, 0.25) is 0 Å². The number of hydroxylamine groups is 2. The first kappa shape index (κ1) is 26.2. The van der Waals surface area contributed by atoms with Crippen molar-refractivity contribution in [2.24, 2.45) is 0 Å². The van der Waals surface area contributed by atoms with Crippen LogP contribution < -0.4 is 15.1 Å². The Hall–Kier alpha value is -3.84. The van der Waals surface area contributed by atoms with Crippen molar-refractivity contribution in [3.8, 4) is 0 Å². The third-order valence-corrected chi connectivity index (χ3v) is 5.97. The van der Waals surface area contributed by atoms with Gasteiger partial charge in [-0.25, -0.2) is 14.0 Å². The molecule has 2 aliphatic rings. The first-order valence-corrected chi connectivity index (χ1v) is 11.5. The van der Waals surface area contributed by atoms with Gasteiger partial charge in [-0.3, -0.25) is 14.5 Å². The summed E-state index contributed by atoms with van der Waals surface area (Å²) in [6.07, 6.45) is -4.78. The van der Waals surface area contributed by atoms with E-state index >= 15 is 4.39 Å². The zero-order valence-corrected chi connectivity index (χ0v) is 19.6. The number of benzene rings is 2. The van der Waals surface area contributed by atoms with Crippen LogP contribution in [0.4, 0.5) is 29.3 Å². The lowest BCUT2D eigenvalue weighted by Gasteiger charge is -2.24. The quantitative estimate of drug-likeness (QED) is 0.544. The zero-order valence-electron chi connectivity index (χ0n) is 19.6. The second-order valence-corrected chi connectivity index (χ2v) is 8.48. The molecule has 10 nitrogen and oxygen atoms in total. The third-order valence-electron chi connectivity index (χ3n) is 5.97. The molecule has 37 heavy (non-hydrogen) atoms. The maximum Gasteiger partial charge on any atom is 0.414 e. The summed E-state index contributed by atoms with van der Waals surface area (Å²) in [5, 5.41) is 12.8. The fraction of sp³-hybridized carbons (Fsp3) is 0.375. The van der Waals surface area contributed by atoms with Crippen molar-refractivity contribution >= 4 is 29.3 Å². The molecule has 1 atom stereocenters. The van der Waals surface area contributed by atoms with E-state index in [-0.39, 0.29) is 24.3 Å². The van der Waals surface area contributed by atoms with Crippen LogP contribution in [-0.4, -0.2) is 80.0 Å². The van der Waals surface area contributed by atoms with Gasteiger partial charge in [0.15, 0.2) is 0 Å². The average Bonchev–Trinajstić information content (AvgIpc) is 3.09. The highest BCUT2D eigenvalue weighted by Gasteiger charge is 2.33. The molecule has 2 saturated heterocycles. The molecule has 2 aromatic carbocycles. The van der Waals surface area contributed by atoms with Crippen molar-refractivity contribution in [3.05, 3.63) is 59.4 Å². The molecule has 0 spiro atoms. The van der Waals surface area contributed by atoms with Gasteiger partial charge in [-0.15, -0.1) is 0 Å². The lowest BCUT2D eigenvalue weighted by atomic mass is 10.1. The molecule has 2 amide bonds. The maximum atomic E-state index is 15.1. The Labute approximate surface area is 210 Å². The first-order chi connectivity index (χ1) is 17.7. The van der Waals surface area contributed by atoms with Crippen molar-refractivity contribution in [2.45, 2.75) is 19.1 Å². The Morgan fingerprint density at radius 1 is 1.11 bits per heavy atom. The van der Waals surface area contributed by atoms with Crippen LogP contribution >= 0.6 is 0 Å². The van der Waals surface area contributed by atoms with E-state index in [0.29, 0.717) is 38.5 Å². The van der Waals surface area contributed by atoms with E-state index < -0.39 is 36.3 Å². The number of alkyl halides is 2. The number of carboxylic acid groups (broad SMARTS) is 1. The second kappa shape index (κ2) is 11.5. The minimum absolute atomic E-state index is 0.0267. The Morgan fingerprint density at radius 3 is 2.54 bits per heavy atom. The number of aromatic carboxylic acids is 1. The molecule has 198 valence electrons. The Kier molecular flexibility index (Phi) is 8.14. The number of hydrogen-bond donors (Lipinski definition) is 2. The summed E-state index contributed by atoms with van der Waals surface area (Å²) in [5.74, 6) is -3.01. The minimum atomic E-state index is -3.17. The summed E-state index contributed by atoms with van der Waals surface area (Å²) in [6, 6.07) is 10.8. The number of nitrogens with one attached hydrogen (secondary N) is 1. The monoisotopic (exact) mass is 522 g/mol. The van der Waals surface area contributed by atoms with Gasteiger partial charge in [0.05, 0.1) is 36.6 Å². The highest BCUT2D eigenvalue weighted by molar-refractivity contribution is 5.90. The van der Waals surface area contributed by atoms with E-state index in [0.717, 1.165) is 5.56 Å². The summed E-state index contributed by atoms with van der Waals surface area (Å²) in [7, 11) is 0. The van der Waals surface area contributed by atoms with Crippen molar-refractivity contribution in [1.29, 1.82) is 0 Å². The molecule has 0 bridgehead atoms. The number of carboxylic acids is 1. The largest absolute Gasteiger partial charge is 0.478 e. The molecule has 4 rings (SSSR count). The molecule has 2 fully saturated rings. The highest BCUT2D eigenvalue weighted by atomic mass is 19.3. The van der Waals surface area contributed by atoms with Gasteiger partial charge in [0.25, 0.3) is 5.91 Å². The minimum Gasteiger partial charge on any atom is -0.478 e. The Balaban J connectivity index is 1.34. The molecule has 2 N–H and O–H groups in total. The Bertz CT molecular complexity index is 1150. The smallest absolute Gasteiger partial charge is 0.414 e.